The zero-order valence-electron chi connectivity index (χ0n) is 24.8. The number of fused-ring (bicyclic) bond motifs is 2. The van der Waals surface area contributed by atoms with Gasteiger partial charge in [-0.2, -0.15) is 0 Å². The van der Waals surface area contributed by atoms with Crippen molar-refractivity contribution in [2.24, 2.45) is 11.8 Å². The SMILES string of the molecule is CCOc1ccc(N2CC=C[C@]3(C)O[C@]45C=CCN(C(C)(C)C)C(=O)C4N(CCCCCO)C(=O)[C@@H]5[C@@H]3C2=O)cc1. The summed E-state index contributed by atoms with van der Waals surface area (Å²) in [5.41, 5.74) is -2.10. The van der Waals surface area contributed by atoms with E-state index in [1.165, 1.54) is 0 Å². The van der Waals surface area contributed by atoms with Gasteiger partial charge in [0.2, 0.25) is 17.7 Å². The van der Waals surface area contributed by atoms with E-state index >= 15 is 0 Å². The fraction of sp³-hybridized carbons (Fsp3) is 0.594. The van der Waals surface area contributed by atoms with Crippen molar-refractivity contribution in [3.05, 3.63) is 48.6 Å². The molecule has 1 N–H and O–H groups in total. The Balaban J connectivity index is 1.57. The third-order valence-electron chi connectivity index (χ3n) is 8.88. The number of aliphatic hydroxyl groups is 1. The number of nitrogens with zero attached hydrogens (tertiary/aromatic N) is 3. The molecule has 1 spiro atoms. The summed E-state index contributed by atoms with van der Waals surface area (Å²) < 4.78 is 12.5. The second-order valence-corrected chi connectivity index (χ2v) is 12.6. The first-order valence-corrected chi connectivity index (χ1v) is 14.8. The van der Waals surface area contributed by atoms with Crippen molar-refractivity contribution in [2.45, 2.75) is 76.7 Å². The van der Waals surface area contributed by atoms with Crippen LogP contribution in [0.4, 0.5) is 5.69 Å². The third-order valence-corrected chi connectivity index (χ3v) is 8.88. The van der Waals surface area contributed by atoms with Crippen molar-refractivity contribution in [1.29, 1.82) is 0 Å². The van der Waals surface area contributed by atoms with Crippen LogP contribution in [0.3, 0.4) is 0 Å². The molecule has 9 nitrogen and oxygen atoms in total. The molecule has 1 aromatic rings. The number of rotatable bonds is 8. The summed E-state index contributed by atoms with van der Waals surface area (Å²) in [7, 11) is 0. The summed E-state index contributed by atoms with van der Waals surface area (Å²) in [5, 5.41) is 9.28. The maximum atomic E-state index is 14.5. The minimum atomic E-state index is -1.27. The molecule has 1 aromatic carbocycles. The molecule has 0 aliphatic carbocycles. The van der Waals surface area contributed by atoms with E-state index in [1.54, 1.807) is 14.7 Å². The van der Waals surface area contributed by atoms with Crippen LogP contribution in [0.25, 0.3) is 0 Å². The Morgan fingerprint density at radius 1 is 0.951 bits per heavy atom. The van der Waals surface area contributed by atoms with Crippen molar-refractivity contribution >= 4 is 23.4 Å². The molecule has 2 fully saturated rings. The molecule has 2 saturated heterocycles. The average molecular weight is 566 g/mol. The highest BCUT2D eigenvalue weighted by atomic mass is 16.5. The zero-order chi connectivity index (χ0) is 29.6. The average Bonchev–Trinajstić information content (AvgIpc) is 3.17. The number of ether oxygens (including phenoxy) is 2. The summed E-state index contributed by atoms with van der Waals surface area (Å²) in [6, 6.07) is 6.51. The molecule has 9 heteroatoms. The quantitative estimate of drug-likeness (QED) is 0.384. The largest absolute Gasteiger partial charge is 0.494 e. The monoisotopic (exact) mass is 565 g/mol. The fourth-order valence-electron chi connectivity index (χ4n) is 7.06. The summed E-state index contributed by atoms with van der Waals surface area (Å²) in [6.07, 6.45) is 9.63. The van der Waals surface area contributed by atoms with Crippen LogP contribution in [0.1, 0.15) is 53.9 Å². The van der Waals surface area contributed by atoms with E-state index in [0.717, 1.165) is 12.2 Å². The Morgan fingerprint density at radius 3 is 2.32 bits per heavy atom. The van der Waals surface area contributed by atoms with E-state index in [9.17, 15) is 19.5 Å². The molecule has 222 valence electrons. The lowest BCUT2D eigenvalue weighted by molar-refractivity contribution is -0.154. The van der Waals surface area contributed by atoms with Crippen molar-refractivity contribution in [2.75, 3.05) is 37.7 Å². The maximum Gasteiger partial charge on any atom is 0.249 e. The first kappa shape index (κ1) is 29.3. The molecule has 0 saturated carbocycles. The number of unbranched alkanes of at least 4 members (excludes halogenated alkanes) is 2. The number of carbonyl (C=O) groups is 3. The van der Waals surface area contributed by atoms with Gasteiger partial charge in [-0.05, 0) is 78.1 Å². The number of anilines is 1. The Bertz CT molecular complexity index is 1240. The lowest BCUT2D eigenvalue weighted by atomic mass is 9.74. The molecule has 5 atom stereocenters. The Kier molecular flexibility index (Phi) is 7.80. The van der Waals surface area contributed by atoms with E-state index in [-0.39, 0.29) is 24.3 Å². The molecule has 3 amide bonds. The van der Waals surface area contributed by atoms with Crippen molar-refractivity contribution < 1.29 is 29.0 Å². The van der Waals surface area contributed by atoms with E-state index in [0.29, 0.717) is 44.8 Å². The van der Waals surface area contributed by atoms with Crippen LogP contribution in [-0.4, -0.2) is 88.3 Å². The van der Waals surface area contributed by atoms with Gasteiger partial charge < -0.3 is 29.3 Å². The first-order valence-electron chi connectivity index (χ1n) is 14.8. The van der Waals surface area contributed by atoms with Gasteiger partial charge >= 0.3 is 0 Å². The van der Waals surface area contributed by atoms with Crippen LogP contribution in [0.5, 0.6) is 5.75 Å². The lowest BCUT2D eigenvalue weighted by Crippen LogP contribution is -2.59. The topological polar surface area (TPSA) is 99.6 Å². The van der Waals surface area contributed by atoms with Gasteiger partial charge in [0.15, 0.2) is 0 Å². The normalized spacial score (nSPS) is 31.2. The summed E-state index contributed by atoms with van der Waals surface area (Å²) in [6.45, 7) is 11.5. The first-order chi connectivity index (χ1) is 19.5. The highest BCUT2D eigenvalue weighted by molar-refractivity contribution is 6.04. The smallest absolute Gasteiger partial charge is 0.249 e. The van der Waals surface area contributed by atoms with E-state index < -0.39 is 34.6 Å². The molecule has 0 bridgehead atoms. The van der Waals surface area contributed by atoms with Crippen LogP contribution in [0.15, 0.2) is 48.6 Å². The van der Waals surface area contributed by atoms with E-state index in [1.807, 2.05) is 83.2 Å². The number of likely N-dealkylation sites (tertiary alicyclic amines) is 1. The lowest BCUT2D eigenvalue weighted by Gasteiger charge is -2.41. The zero-order valence-corrected chi connectivity index (χ0v) is 24.8. The Labute approximate surface area is 242 Å². The van der Waals surface area contributed by atoms with Gasteiger partial charge in [-0.3, -0.25) is 14.4 Å². The molecular weight excluding hydrogens is 522 g/mol. The molecule has 4 heterocycles. The summed E-state index contributed by atoms with van der Waals surface area (Å²) >= 11 is 0. The number of benzene rings is 1. The van der Waals surface area contributed by atoms with Gasteiger partial charge in [0.1, 0.15) is 17.4 Å². The second-order valence-electron chi connectivity index (χ2n) is 12.6. The Hall–Kier alpha value is -3.17. The number of carbonyl (C=O) groups excluding carboxylic acids is 3. The predicted octanol–water partition coefficient (Wildman–Crippen LogP) is 3.32. The van der Waals surface area contributed by atoms with Gasteiger partial charge in [-0.15, -0.1) is 0 Å². The molecule has 4 aliphatic rings. The summed E-state index contributed by atoms with van der Waals surface area (Å²) in [5.74, 6) is -1.54. The Morgan fingerprint density at radius 2 is 1.66 bits per heavy atom. The predicted molar refractivity (Wildman–Crippen MR) is 155 cm³/mol. The van der Waals surface area contributed by atoms with Crippen LogP contribution in [0, 0.1) is 11.8 Å². The number of amides is 3. The summed E-state index contributed by atoms with van der Waals surface area (Å²) in [4.78, 5) is 48.4. The highest BCUT2D eigenvalue weighted by Crippen LogP contribution is 2.57. The second kappa shape index (κ2) is 10.9. The number of hydrogen-bond donors (Lipinski definition) is 1. The molecule has 0 aromatic heterocycles. The molecule has 4 aliphatic heterocycles. The minimum absolute atomic E-state index is 0.0785. The van der Waals surface area contributed by atoms with Crippen molar-refractivity contribution in [3.8, 4) is 5.75 Å². The van der Waals surface area contributed by atoms with E-state index in [4.69, 9.17) is 9.47 Å². The molecule has 0 radical (unpaired) electrons. The van der Waals surface area contributed by atoms with Gasteiger partial charge in [0, 0.05) is 37.5 Å². The molecule has 5 rings (SSSR count). The molecule has 41 heavy (non-hydrogen) atoms. The van der Waals surface area contributed by atoms with Gasteiger partial charge in [-0.1, -0.05) is 24.3 Å². The standard InChI is InChI=1S/C32H43N3O6/c1-6-40-23-14-12-22(13-15-23)33-19-10-16-31(5)24(27(33)37)25-28(38)34(18-8-7-9-21-36)26-29(39)35(30(2,3)4)20-11-17-32(25,26)41-31/h10-17,24-26,36H,6-9,18-21H2,1-5H3/t24-,25+,26?,31+,32+/m1/s1. The minimum Gasteiger partial charge on any atom is -0.494 e. The van der Waals surface area contributed by atoms with Crippen LogP contribution < -0.4 is 9.64 Å². The van der Waals surface area contributed by atoms with E-state index in [2.05, 4.69) is 0 Å². The highest BCUT2D eigenvalue weighted by Gasteiger charge is 2.74. The number of hydrogen-bond acceptors (Lipinski definition) is 6. The van der Waals surface area contributed by atoms with Crippen LogP contribution in [0.2, 0.25) is 0 Å². The molecule has 1 unspecified atom stereocenters. The van der Waals surface area contributed by atoms with Gasteiger partial charge in [-0.25, -0.2) is 0 Å². The van der Waals surface area contributed by atoms with Crippen LogP contribution in [-0.2, 0) is 19.1 Å². The maximum absolute atomic E-state index is 14.5. The van der Waals surface area contributed by atoms with Gasteiger partial charge in [0.25, 0.3) is 0 Å². The van der Waals surface area contributed by atoms with Crippen molar-refractivity contribution in [1.82, 2.24) is 9.80 Å². The van der Waals surface area contributed by atoms with Crippen LogP contribution >= 0.6 is 0 Å². The van der Waals surface area contributed by atoms with Crippen molar-refractivity contribution in [3.63, 3.8) is 0 Å². The molecular formula is C32H43N3O6. The van der Waals surface area contributed by atoms with Gasteiger partial charge in [0.05, 0.1) is 24.0 Å². The fourth-order valence-corrected chi connectivity index (χ4v) is 7.06. The third kappa shape index (κ3) is 4.87. The number of aliphatic hydroxyl groups excluding tert-OH is 1.